The highest BCUT2D eigenvalue weighted by Gasteiger charge is 2.30. The molecule has 0 heterocycles. The van der Waals surface area contributed by atoms with E-state index in [0.29, 0.717) is 13.0 Å². The topological polar surface area (TPSA) is 52.6 Å². The Morgan fingerprint density at radius 1 is 1.12 bits per heavy atom. The summed E-state index contributed by atoms with van der Waals surface area (Å²) in [5.74, 6) is -0.00617. The third-order valence-electron chi connectivity index (χ3n) is 4.31. The summed E-state index contributed by atoms with van der Waals surface area (Å²) in [5.41, 5.74) is 2.26. The van der Waals surface area contributed by atoms with Gasteiger partial charge in [0.25, 0.3) is 0 Å². The molecule has 4 nitrogen and oxygen atoms in total. The zero-order valence-corrected chi connectivity index (χ0v) is 15.5. The second-order valence-electron chi connectivity index (χ2n) is 7.06. The van der Waals surface area contributed by atoms with Crippen molar-refractivity contribution in [2.75, 3.05) is 18.9 Å². The second-order valence-corrected chi connectivity index (χ2v) is 7.06. The number of benzene rings is 2. The number of rotatable bonds is 7. The molecule has 2 rings (SSSR count). The summed E-state index contributed by atoms with van der Waals surface area (Å²) in [6.45, 7) is 6.28. The number of carbonyl (C=O) groups excluding carboxylic acids is 1. The first-order valence-electron chi connectivity index (χ1n) is 8.63. The lowest BCUT2D eigenvalue weighted by Gasteiger charge is -2.31. The number of aryl methyl sites for hydroxylation is 1. The molecular weight excluding hydrogens is 312 g/mol. The van der Waals surface area contributed by atoms with E-state index < -0.39 is 11.6 Å². The van der Waals surface area contributed by atoms with Crippen molar-refractivity contribution in [1.82, 2.24) is 4.90 Å². The number of aliphatic hydroxyl groups is 1. The van der Waals surface area contributed by atoms with Crippen LogP contribution < -0.4 is 5.32 Å². The van der Waals surface area contributed by atoms with Gasteiger partial charge in [-0.2, -0.15) is 0 Å². The Kier molecular flexibility index (Phi) is 6.21. The molecule has 2 N–H and O–H groups in total. The van der Waals surface area contributed by atoms with Gasteiger partial charge in [0.2, 0.25) is 5.91 Å². The van der Waals surface area contributed by atoms with Gasteiger partial charge < -0.3 is 15.3 Å². The number of hydrogen-bond acceptors (Lipinski definition) is 3. The first-order chi connectivity index (χ1) is 11.8. The Morgan fingerprint density at radius 3 is 2.32 bits per heavy atom. The van der Waals surface area contributed by atoms with Gasteiger partial charge in [-0.1, -0.05) is 48.0 Å². The number of carbonyl (C=O) groups is 1. The van der Waals surface area contributed by atoms with Crippen LogP contribution in [0.2, 0.25) is 0 Å². The zero-order chi connectivity index (χ0) is 18.4. The zero-order valence-electron chi connectivity index (χ0n) is 15.5. The Balaban J connectivity index is 1.92. The lowest BCUT2D eigenvalue weighted by molar-refractivity contribution is -0.133. The SMILES string of the molecule is Cc1ccc(NC(C)(C)C(=O)N(C)CCC(O)c2ccccc2)cc1. The van der Waals surface area contributed by atoms with Crippen molar-refractivity contribution >= 4 is 11.6 Å². The number of likely N-dealkylation sites (N-methyl/N-ethyl adjacent to an activating group) is 1. The van der Waals surface area contributed by atoms with Gasteiger partial charge >= 0.3 is 0 Å². The lowest BCUT2D eigenvalue weighted by Crippen LogP contribution is -2.49. The number of hydrogen-bond donors (Lipinski definition) is 2. The van der Waals surface area contributed by atoms with Crippen LogP contribution in [-0.2, 0) is 4.79 Å². The minimum Gasteiger partial charge on any atom is -0.388 e. The smallest absolute Gasteiger partial charge is 0.247 e. The first kappa shape index (κ1) is 19.0. The molecule has 0 radical (unpaired) electrons. The molecule has 1 atom stereocenters. The molecule has 1 unspecified atom stereocenters. The molecule has 2 aromatic carbocycles. The summed E-state index contributed by atoms with van der Waals surface area (Å²) in [6.07, 6.45) is -0.0584. The molecule has 0 aliphatic carbocycles. The first-order valence-corrected chi connectivity index (χ1v) is 8.63. The molecule has 0 saturated heterocycles. The third kappa shape index (κ3) is 5.33. The summed E-state index contributed by atoms with van der Waals surface area (Å²) in [6, 6.07) is 17.5. The monoisotopic (exact) mass is 340 g/mol. The van der Waals surface area contributed by atoms with Gasteiger partial charge in [-0.25, -0.2) is 0 Å². The number of aliphatic hydroxyl groups excluding tert-OH is 1. The van der Waals surface area contributed by atoms with Gasteiger partial charge in [-0.3, -0.25) is 4.79 Å². The summed E-state index contributed by atoms with van der Waals surface area (Å²) in [5, 5.41) is 13.6. The van der Waals surface area contributed by atoms with Crippen molar-refractivity contribution in [3.05, 3.63) is 65.7 Å². The Morgan fingerprint density at radius 2 is 1.72 bits per heavy atom. The normalized spacial score (nSPS) is 12.5. The van der Waals surface area contributed by atoms with Crippen LogP contribution >= 0.6 is 0 Å². The molecule has 134 valence electrons. The minimum absolute atomic E-state index is 0.00617. The molecule has 0 aliphatic rings. The maximum Gasteiger partial charge on any atom is 0.247 e. The number of amides is 1. The van der Waals surface area contributed by atoms with Crippen LogP contribution in [0.5, 0.6) is 0 Å². The molecular formula is C21H28N2O2. The van der Waals surface area contributed by atoms with E-state index in [-0.39, 0.29) is 5.91 Å². The number of anilines is 1. The van der Waals surface area contributed by atoms with Gasteiger partial charge in [-0.15, -0.1) is 0 Å². The highest BCUT2D eigenvalue weighted by atomic mass is 16.3. The molecule has 0 saturated carbocycles. The van der Waals surface area contributed by atoms with Crippen molar-refractivity contribution in [1.29, 1.82) is 0 Å². The predicted octanol–water partition coefficient (Wildman–Crippen LogP) is 3.77. The van der Waals surface area contributed by atoms with Crippen molar-refractivity contribution in [3.63, 3.8) is 0 Å². The molecule has 2 aromatic rings. The quantitative estimate of drug-likeness (QED) is 0.807. The fourth-order valence-electron chi connectivity index (χ4n) is 2.79. The highest BCUT2D eigenvalue weighted by Crippen LogP contribution is 2.20. The van der Waals surface area contributed by atoms with Gasteiger partial charge in [-0.05, 0) is 44.9 Å². The van der Waals surface area contributed by atoms with Crippen LogP contribution in [0, 0.1) is 6.92 Å². The summed E-state index contributed by atoms with van der Waals surface area (Å²) < 4.78 is 0. The molecule has 25 heavy (non-hydrogen) atoms. The van der Waals surface area contributed by atoms with Crippen LogP contribution in [0.25, 0.3) is 0 Å². The molecule has 1 amide bonds. The van der Waals surface area contributed by atoms with E-state index in [1.54, 1.807) is 11.9 Å². The third-order valence-corrected chi connectivity index (χ3v) is 4.31. The molecule has 4 heteroatoms. The van der Waals surface area contributed by atoms with Crippen LogP contribution in [0.15, 0.2) is 54.6 Å². The van der Waals surface area contributed by atoms with E-state index in [1.165, 1.54) is 5.56 Å². The second kappa shape index (κ2) is 8.17. The number of nitrogens with one attached hydrogen (secondary N) is 1. The van der Waals surface area contributed by atoms with Gasteiger partial charge in [0.05, 0.1) is 6.10 Å². The van der Waals surface area contributed by atoms with Crippen molar-refractivity contribution in [2.24, 2.45) is 0 Å². The van der Waals surface area contributed by atoms with E-state index in [2.05, 4.69) is 5.32 Å². The maximum absolute atomic E-state index is 12.8. The molecule has 0 aromatic heterocycles. The lowest BCUT2D eigenvalue weighted by atomic mass is 10.0. The molecule has 0 aliphatic heterocycles. The van der Waals surface area contributed by atoms with E-state index in [1.807, 2.05) is 75.4 Å². The summed E-state index contributed by atoms with van der Waals surface area (Å²) in [4.78, 5) is 14.4. The van der Waals surface area contributed by atoms with Crippen LogP contribution in [0.3, 0.4) is 0 Å². The maximum atomic E-state index is 12.8. The van der Waals surface area contributed by atoms with Crippen molar-refractivity contribution in [2.45, 2.75) is 38.8 Å². The Labute approximate surface area is 150 Å². The van der Waals surface area contributed by atoms with Crippen molar-refractivity contribution in [3.8, 4) is 0 Å². The Bertz CT molecular complexity index is 681. The van der Waals surface area contributed by atoms with Crippen LogP contribution in [0.1, 0.15) is 37.5 Å². The highest BCUT2D eigenvalue weighted by molar-refractivity contribution is 5.88. The molecule has 0 fully saturated rings. The van der Waals surface area contributed by atoms with E-state index in [9.17, 15) is 9.90 Å². The van der Waals surface area contributed by atoms with Crippen LogP contribution in [-0.4, -0.2) is 35.0 Å². The average molecular weight is 340 g/mol. The molecule has 0 bridgehead atoms. The van der Waals surface area contributed by atoms with E-state index in [0.717, 1.165) is 11.3 Å². The predicted molar refractivity (Wildman–Crippen MR) is 103 cm³/mol. The fraction of sp³-hybridized carbons (Fsp3) is 0.381. The Hall–Kier alpha value is -2.33. The van der Waals surface area contributed by atoms with Crippen LogP contribution in [0.4, 0.5) is 5.69 Å². The largest absolute Gasteiger partial charge is 0.388 e. The number of nitrogens with zero attached hydrogens (tertiary/aromatic N) is 1. The summed E-state index contributed by atoms with van der Waals surface area (Å²) in [7, 11) is 1.78. The van der Waals surface area contributed by atoms with Crippen molar-refractivity contribution < 1.29 is 9.90 Å². The van der Waals surface area contributed by atoms with Gasteiger partial charge in [0, 0.05) is 19.3 Å². The summed E-state index contributed by atoms with van der Waals surface area (Å²) >= 11 is 0. The van der Waals surface area contributed by atoms with E-state index in [4.69, 9.17) is 0 Å². The average Bonchev–Trinajstić information content (AvgIpc) is 2.61. The van der Waals surface area contributed by atoms with E-state index >= 15 is 0 Å². The minimum atomic E-state index is -0.721. The molecule has 0 spiro atoms. The van der Waals surface area contributed by atoms with Gasteiger partial charge in [0.1, 0.15) is 5.54 Å². The standard InChI is InChI=1S/C21H28N2O2/c1-16-10-12-18(13-11-16)22-21(2,3)20(25)23(4)15-14-19(24)17-8-6-5-7-9-17/h5-13,19,22,24H,14-15H2,1-4H3. The fourth-order valence-corrected chi connectivity index (χ4v) is 2.79. The van der Waals surface area contributed by atoms with Gasteiger partial charge in [0.15, 0.2) is 0 Å².